The van der Waals surface area contributed by atoms with E-state index in [-0.39, 0.29) is 6.04 Å². The predicted octanol–water partition coefficient (Wildman–Crippen LogP) is 2.41. The molecular weight excluding hydrogens is 238 g/mol. The zero-order chi connectivity index (χ0) is 13.8. The van der Waals surface area contributed by atoms with Gasteiger partial charge in [0.05, 0.1) is 30.7 Å². The number of nitrogens with zero attached hydrogens (tertiary/aromatic N) is 2. The molecule has 1 unspecified atom stereocenters. The maximum absolute atomic E-state index is 5.44. The summed E-state index contributed by atoms with van der Waals surface area (Å²) in [6, 6.07) is 6.11. The van der Waals surface area contributed by atoms with E-state index in [2.05, 4.69) is 28.3 Å². The minimum absolute atomic E-state index is 0.0250. The summed E-state index contributed by atoms with van der Waals surface area (Å²) in [4.78, 5) is 8.76. The number of benzene rings is 1. The maximum atomic E-state index is 5.44. The number of methoxy groups -OCH3 is 1. The minimum Gasteiger partial charge on any atom is -0.496 e. The summed E-state index contributed by atoms with van der Waals surface area (Å²) < 4.78 is 5.44. The van der Waals surface area contributed by atoms with Gasteiger partial charge in [-0.3, -0.25) is 9.97 Å². The zero-order valence-corrected chi connectivity index (χ0v) is 11.8. The summed E-state index contributed by atoms with van der Waals surface area (Å²) in [5.41, 5.74) is 4.06. The fourth-order valence-corrected chi connectivity index (χ4v) is 2.09. The molecule has 0 aliphatic rings. The van der Waals surface area contributed by atoms with Gasteiger partial charge >= 0.3 is 0 Å². The Morgan fingerprint density at radius 2 is 1.95 bits per heavy atom. The van der Waals surface area contributed by atoms with E-state index < -0.39 is 0 Å². The van der Waals surface area contributed by atoms with Crippen LogP contribution in [-0.4, -0.2) is 24.1 Å². The highest BCUT2D eigenvalue weighted by atomic mass is 16.5. The quantitative estimate of drug-likeness (QED) is 0.913. The van der Waals surface area contributed by atoms with Gasteiger partial charge in [0.1, 0.15) is 5.75 Å². The fourth-order valence-electron chi connectivity index (χ4n) is 2.09. The molecule has 0 aliphatic heterocycles. The van der Waals surface area contributed by atoms with Crippen molar-refractivity contribution in [2.75, 3.05) is 14.2 Å². The van der Waals surface area contributed by atoms with Crippen LogP contribution in [0.15, 0.2) is 30.6 Å². The maximum Gasteiger partial charge on any atom is 0.124 e. The molecule has 100 valence electrons. The molecule has 4 nitrogen and oxygen atoms in total. The van der Waals surface area contributed by atoms with Crippen LogP contribution in [0.3, 0.4) is 0 Å². The van der Waals surface area contributed by atoms with Crippen molar-refractivity contribution in [1.82, 2.24) is 15.3 Å². The van der Waals surface area contributed by atoms with Crippen LogP contribution in [0.4, 0.5) is 0 Å². The second-order valence-corrected chi connectivity index (χ2v) is 4.55. The molecule has 0 amide bonds. The van der Waals surface area contributed by atoms with Gasteiger partial charge in [0.15, 0.2) is 0 Å². The van der Waals surface area contributed by atoms with Gasteiger partial charge in [0, 0.05) is 11.8 Å². The van der Waals surface area contributed by atoms with Crippen LogP contribution in [0, 0.1) is 13.8 Å². The Morgan fingerprint density at radius 1 is 1.16 bits per heavy atom. The number of ether oxygens (including phenoxy) is 1. The second-order valence-electron chi connectivity index (χ2n) is 4.55. The highest BCUT2D eigenvalue weighted by Gasteiger charge is 2.18. The standard InChI is InChI=1S/C15H19N3O/c1-10-5-6-14(19-4)12(7-10)15(16-3)13-9-17-11(2)8-18-13/h5-9,15-16H,1-4H3. The fraction of sp³-hybridized carbons (Fsp3) is 0.333. The van der Waals surface area contributed by atoms with Gasteiger partial charge in [-0.2, -0.15) is 0 Å². The molecule has 4 heteroatoms. The molecule has 1 heterocycles. The Hall–Kier alpha value is -1.94. The number of aromatic nitrogens is 2. The highest BCUT2D eigenvalue weighted by Crippen LogP contribution is 2.29. The van der Waals surface area contributed by atoms with Gasteiger partial charge in [0.2, 0.25) is 0 Å². The highest BCUT2D eigenvalue weighted by molar-refractivity contribution is 5.42. The third-order valence-electron chi connectivity index (χ3n) is 3.08. The van der Waals surface area contributed by atoms with Gasteiger partial charge in [-0.25, -0.2) is 0 Å². The van der Waals surface area contributed by atoms with Crippen molar-refractivity contribution >= 4 is 0 Å². The van der Waals surface area contributed by atoms with E-state index in [1.807, 2.05) is 26.1 Å². The summed E-state index contributed by atoms with van der Waals surface area (Å²) in [5.74, 6) is 0.854. The summed E-state index contributed by atoms with van der Waals surface area (Å²) >= 11 is 0. The predicted molar refractivity (Wildman–Crippen MR) is 75.4 cm³/mol. The topological polar surface area (TPSA) is 47.0 Å². The van der Waals surface area contributed by atoms with Crippen LogP contribution >= 0.6 is 0 Å². The summed E-state index contributed by atoms with van der Waals surface area (Å²) in [5, 5.41) is 3.27. The van der Waals surface area contributed by atoms with E-state index >= 15 is 0 Å². The molecule has 2 rings (SSSR count). The van der Waals surface area contributed by atoms with E-state index in [1.54, 1.807) is 19.5 Å². The lowest BCUT2D eigenvalue weighted by atomic mass is 10.0. The Morgan fingerprint density at radius 3 is 2.53 bits per heavy atom. The first-order valence-electron chi connectivity index (χ1n) is 6.26. The Labute approximate surface area is 113 Å². The largest absolute Gasteiger partial charge is 0.496 e. The van der Waals surface area contributed by atoms with E-state index in [1.165, 1.54) is 5.56 Å². The van der Waals surface area contributed by atoms with Crippen LogP contribution in [0.1, 0.15) is 28.6 Å². The molecule has 0 fully saturated rings. The van der Waals surface area contributed by atoms with Crippen LogP contribution in [-0.2, 0) is 0 Å². The van der Waals surface area contributed by atoms with E-state index in [0.717, 1.165) is 22.7 Å². The Balaban J connectivity index is 2.47. The lowest BCUT2D eigenvalue weighted by molar-refractivity contribution is 0.404. The average molecular weight is 257 g/mol. The monoisotopic (exact) mass is 257 g/mol. The third kappa shape index (κ3) is 2.90. The van der Waals surface area contributed by atoms with Crippen molar-refractivity contribution in [2.24, 2.45) is 0 Å². The summed E-state index contributed by atoms with van der Waals surface area (Å²) in [6.07, 6.45) is 3.58. The number of rotatable bonds is 4. The lowest BCUT2D eigenvalue weighted by Gasteiger charge is -2.19. The van der Waals surface area contributed by atoms with E-state index in [0.29, 0.717) is 0 Å². The molecular formula is C15H19N3O. The number of hydrogen-bond acceptors (Lipinski definition) is 4. The number of hydrogen-bond donors (Lipinski definition) is 1. The summed E-state index contributed by atoms with van der Waals surface area (Å²) in [6.45, 7) is 3.99. The Kier molecular flexibility index (Phi) is 4.12. The van der Waals surface area contributed by atoms with Gasteiger partial charge in [-0.05, 0) is 27.0 Å². The number of aryl methyl sites for hydroxylation is 2. The van der Waals surface area contributed by atoms with Crippen molar-refractivity contribution in [2.45, 2.75) is 19.9 Å². The molecule has 0 saturated heterocycles. The van der Waals surface area contributed by atoms with Crippen molar-refractivity contribution in [3.05, 3.63) is 53.1 Å². The normalized spacial score (nSPS) is 12.2. The first-order valence-corrected chi connectivity index (χ1v) is 6.26. The SMILES string of the molecule is CNC(c1cnc(C)cn1)c1cc(C)ccc1OC. The van der Waals surface area contributed by atoms with Crippen LogP contribution in [0.25, 0.3) is 0 Å². The van der Waals surface area contributed by atoms with Crippen molar-refractivity contribution < 1.29 is 4.74 Å². The van der Waals surface area contributed by atoms with Gasteiger partial charge in [0.25, 0.3) is 0 Å². The van der Waals surface area contributed by atoms with E-state index in [4.69, 9.17) is 4.74 Å². The van der Waals surface area contributed by atoms with Crippen molar-refractivity contribution in [3.8, 4) is 5.75 Å². The van der Waals surface area contributed by atoms with Crippen LogP contribution < -0.4 is 10.1 Å². The molecule has 0 radical (unpaired) electrons. The molecule has 1 aromatic carbocycles. The third-order valence-corrected chi connectivity index (χ3v) is 3.08. The lowest BCUT2D eigenvalue weighted by Crippen LogP contribution is -2.20. The smallest absolute Gasteiger partial charge is 0.124 e. The second kappa shape index (κ2) is 5.80. The van der Waals surface area contributed by atoms with Gasteiger partial charge in [-0.1, -0.05) is 17.7 Å². The van der Waals surface area contributed by atoms with Gasteiger partial charge < -0.3 is 10.1 Å². The van der Waals surface area contributed by atoms with Gasteiger partial charge in [-0.15, -0.1) is 0 Å². The minimum atomic E-state index is -0.0250. The molecule has 1 aromatic heterocycles. The number of nitrogens with one attached hydrogen (secondary N) is 1. The zero-order valence-electron chi connectivity index (χ0n) is 11.8. The molecule has 0 saturated carbocycles. The molecule has 19 heavy (non-hydrogen) atoms. The molecule has 0 bridgehead atoms. The first-order chi connectivity index (χ1) is 9.15. The van der Waals surface area contributed by atoms with Crippen molar-refractivity contribution in [3.63, 3.8) is 0 Å². The molecule has 1 atom stereocenters. The van der Waals surface area contributed by atoms with Crippen LogP contribution in [0.2, 0.25) is 0 Å². The van der Waals surface area contributed by atoms with E-state index in [9.17, 15) is 0 Å². The summed E-state index contributed by atoms with van der Waals surface area (Å²) in [7, 11) is 3.59. The van der Waals surface area contributed by atoms with Crippen LogP contribution in [0.5, 0.6) is 5.75 Å². The molecule has 0 aliphatic carbocycles. The average Bonchev–Trinajstić information content (AvgIpc) is 2.42. The molecule has 0 spiro atoms. The Bertz CT molecular complexity index is 552. The molecule has 2 aromatic rings. The molecule has 1 N–H and O–H groups in total. The first kappa shape index (κ1) is 13.5. The van der Waals surface area contributed by atoms with Crippen molar-refractivity contribution in [1.29, 1.82) is 0 Å².